The van der Waals surface area contributed by atoms with Crippen LogP contribution in [0, 0.1) is 23.7 Å². The van der Waals surface area contributed by atoms with Gasteiger partial charge in [-0.15, -0.1) is 0 Å². The normalized spacial score (nSPS) is 32.6. The number of amides is 2. The van der Waals surface area contributed by atoms with Crippen molar-refractivity contribution in [1.29, 1.82) is 0 Å². The second kappa shape index (κ2) is 5.90. The van der Waals surface area contributed by atoms with Crippen LogP contribution >= 0.6 is 0 Å². The average molecular weight is 267 g/mol. The van der Waals surface area contributed by atoms with Crippen LogP contribution in [-0.4, -0.2) is 30.9 Å². The highest BCUT2D eigenvalue weighted by atomic mass is 16.2. The summed E-state index contributed by atoms with van der Waals surface area (Å²) in [6.07, 6.45) is 3.35. The molecule has 2 aliphatic rings. The first kappa shape index (κ1) is 14.3. The van der Waals surface area contributed by atoms with E-state index in [2.05, 4.69) is 10.6 Å². The van der Waals surface area contributed by atoms with Crippen LogP contribution in [0.15, 0.2) is 0 Å². The number of hydrogen-bond acceptors (Lipinski definition) is 3. The summed E-state index contributed by atoms with van der Waals surface area (Å²) in [5, 5.41) is 5.52. The fourth-order valence-corrected chi connectivity index (χ4v) is 3.39. The number of nitrogens with two attached hydrogens (primary N) is 1. The van der Waals surface area contributed by atoms with E-state index < -0.39 is 0 Å². The Balaban J connectivity index is 1.74. The first-order chi connectivity index (χ1) is 8.99. The van der Waals surface area contributed by atoms with Crippen molar-refractivity contribution in [3.8, 4) is 0 Å². The maximum atomic E-state index is 12.1. The second-order valence-corrected chi connectivity index (χ2v) is 6.35. The largest absolute Gasteiger partial charge is 0.354 e. The lowest BCUT2D eigenvalue weighted by Gasteiger charge is -2.26. The molecular formula is C14H25N3O2. The van der Waals surface area contributed by atoms with Crippen LogP contribution in [0.25, 0.3) is 0 Å². The van der Waals surface area contributed by atoms with Gasteiger partial charge in [0.1, 0.15) is 0 Å². The van der Waals surface area contributed by atoms with Gasteiger partial charge in [-0.05, 0) is 37.0 Å². The Kier molecular flexibility index (Phi) is 4.45. The molecule has 5 heteroatoms. The second-order valence-electron chi connectivity index (χ2n) is 6.35. The Labute approximate surface area is 114 Å². The summed E-state index contributed by atoms with van der Waals surface area (Å²) in [5.41, 5.74) is 6.11. The molecule has 0 radical (unpaired) electrons. The topological polar surface area (TPSA) is 84.2 Å². The van der Waals surface area contributed by atoms with Gasteiger partial charge < -0.3 is 16.4 Å². The third kappa shape index (κ3) is 3.26. The average Bonchev–Trinajstić information content (AvgIpc) is 2.94. The molecule has 0 aromatic heterocycles. The highest BCUT2D eigenvalue weighted by molar-refractivity contribution is 5.86. The maximum absolute atomic E-state index is 12.1. The van der Waals surface area contributed by atoms with E-state index in [9.17, 15) is 9.59 Å². The van der Waals surface area contributed by atoms with Crippen LogP contribution in [0.3, 0.4) is 0 Å². The lowest BCUT2D eigenvalue weighted by Crippen LogP contribution is -2.47. The summed E-state index contributed by atoms with van der Waals surface area (Å²) < 4.78 is 0. The highest BCUT2D eigenvalue weighted by Gasteiger charge is 2.48. The van der Waals surface area contributed by atoms with Crippen molar-refractivity contribution in [1.82, 2.24) is 10.6 Å². The fraction of sp³-hybridized carbons (Fsp3) is 0.857. The summed E-state index contributed by atoms with van der Waals surface area (Å²) in [7, 11) is 0. The van der Waals surface area contributed by atoms with Gasteiger partial charge in [0, 0.05) is 12.6 Å². The highest BCUT2D eigenvalue weighted by Crippen LogP contribution is 2.47. The molecule has 108 valence electrons. The van der Waals surface area contributed by atoms with Crippen molar-refractivity contribution in [3.63, 3.8) is 0 Å². The standard InChI is InChI=1S/C14H25N3O2/c1-8(2)6-16-11(18)7-17-14(19)12-9-3-4-10(5-9)13(12)15/h8-10,12-13H,3-7,15H2,1-2H3,(H,16,18)(H,17,19). The van der Waals surface area contributed by atoms with Crippen molar-refractivity contribution < 1.29 is 9.59 Å². The van der Waals surface area contributed by atoms with Crippen molar-refractivity contribution in [2.75, 3.05) is 13.1 Å². The van der Waals surface area contributed by atoms with Crippen LogP contribution in [0.1, 0.15) is 33.1 Å². The van der Waals surface area contributed by atoms with Crippen LogP contribution < -0.4 is 16.4 Å². The Hall–Kier alpha value is -1.10. The predicted octanol–water partition coefficient (Wildman–Crippen LogP) is 0.248. The van der Waals surface area contributed by atoms with Crippen molar-refractivity contribution in [2.24, 2.45) is 29.4 Å². The molecule has 0 spiro atoms. The molecule has 2 aliphatic carbocycles. The van der Waals surface area contributed by atoms with Gasteiger partial charge in [-0.1, -0.05) is 13.8 Å². The molecular weight excluding hydrogens is 242 g/mol. The number of carbonyl (C=O) groups excluding carboxylic acids is 2. The van der Waals surface area contributed by atoms with Crippen LogP contribution in [0.4, 0.5) is 0 Å². The summed E-state index contributed by atoms with van der Waals surface area (Å²) in [6.45, 7) is 4.77. The lowest BCUT2D eigenvalue weighted by atomic mass is 9.84. The van der Waals surface area contributed by atoms with Crippen LogP contribution in [0.5, 0.6) is 0 Å². The predicted molar refractivity (Wildman–Crippen MR) is 73.2 cm³/mol. The lowest BCUT2D eigenvalue weighted by molar-refractivity contribution is -0.130. The minimum atomic E-state index is -0.126. The summed E-state index contributed by atoms with van der Waals surface area (Å²) in [4.78, 5) is 23.7. The molecule has 4 N–H and O–H groups in total. The molecule has 2 bridgehead atoms. The van der Waals surface area contributed by atoms with Gasteiger partial charge in [0.25, 0.3) is 0 Å². The molecule has 4 atom stereocenters. The molecule has 2 fully saturated rings. The summed E-state index contributed by atoms with van der Waals surface area (Å²) >= 11 is 0. The van der Waals surface area contributed by atoms with E-state index in [4.69, 9.17) is 5.73 Å². The fourth-order valence-electron chi connectivity index (χ4n) is 3.39. The zero-order valence-electron chi connectivity index (χ0n) is 11.8. The van der Waals surface area contributed by atoms with E-state index >= 15 is 0 Å². The van der Waals surface area contributed by atoms with E-state index in [0.717, 1.165) is 19.3 Å². The Morgan fingerprint density at radius 1 is 1.21 bits per heavy atom. The van der Waals surface area contributed by atoms with Gasteiger partial charge in [-0.3, -0.25) is 9.59 Å². The number of hydrogen-bond donors (Lipinski definition) is 3. The van der Waals surface area contributed by atoms with E-state index in [1.807, 2.05) is 13.8 Å². The molecule has 2 amide bonds. The van der Waals surface area contributed by atoms with Crippen LogP contribution in [-0.2, 0) is 9.59 Å². The number of fused-ring (bicyclic) bond motifs is 2. The molecule has 0 heterocycles. The maximum Gasteiger partial charge on any atom is 0.239 e. The van der Waals surface area contributed by atoms with E-state index in [1.54, 1.807) is 0 Å². The first-order valence-corrected chi connectivity index (χ1v) is 7.29. The van der Waals surface area contributed by atoms with E-state index in [1.165, 1.54) is 0 Å². The van der Waals surface area contributed by atoms with Gasteiger partial charge >= 0.3 is 0 Å². The monoisotopic (exact) mass is 267 g/mol. The molecule has 0 aromatic rings. The van der Waals surface area contributed by atoms with Gasteiger partial charge in [0.05, 0.1) is 12.5 Å². The molecule has 5 nitrogen and oxygen atoms in total. The molecule has 2 saturated carbocycles. The molecule has 2 rings (SSSR count). The molecule has 0 saturated heterocycles. The van der Waals surface area contributed by atoms with Gasteiger partial charge in [0.2, 0.25) is 11.8 Å². The Bertz CT molecular complexity index is 355. The number of rotatable bonds is 5. The van der Waals surface area contributed by atoms with Crippen LogP contribution in [0.2, 0.25) is 0 Å². The Morgan fingerprint density at radius 2 is 1.89 bits per heavy atom. The molecule has 19 heavy (non-hydrogen) atoms. The quantitative estimate of drug-likeness (QED) is 0.667. The third-order valence-electron chi connectivity index (χ3n) is 4.41. The molecule has 0 aromatic carbocycles. The Morgan fingerprint density at radius 3 is 2.47 bits per heavy atom. The third-order valence-corrected chi connectivity index (χ3v) is 4.41. The van der Waals surface area contributed by atoms with Crippen molar-refractivity contribution in [3.05, 3.63) is 0 Å². The number of carbonyl (C=O) groups is 2. The van der Waals surface area contributed by atoms with Gasteiger partial charge in [0.15, 0.2) is 0 Å². The van der Waals surface area contributed by atoms with Crippen molar-refractivity contribution in [2.45, 2.75) is 39.2 Å². The molecule has 4 unspecified atom stereocenters. The smallest absolute Gasteiger partial charge is 0.239 e. The summed E-state index contributed by atoms with van der Waals surface area (Å²) in [5.74, 6) is 1.10. The van der Waals surface area contributed by atoms with E-state index in [-0.39, 0.29) is 30.3 Å². The molecule has 0 aliphatic heterocycles. The van der Waals surface area contributed by atoms with Gasteiger partial charge in [-0.25, -0.2) is 0 Å². The first-order valence-electron chi connectivity index (χ1n) is 7.29. The zero-order valence-corrected chi connectivity index (χ0v) is 11.8. The van der Waals surface area contributed by atoms with E-state index in [0.29, 0.717) is 24.3 Å². The SMILES string of the molecule is CC(C)CNC(=O)CNC(=O)C1C2CCC(C2)C1N. The minimum Gasteiger partial charge on any atom is -0.354 e. The van der Waals surface area contributed by atoms with Crippen molar-refractivity contribution >= 4 is 11.8 Å². The zero-order chi connectivity index (χ0) is 14.0. The van der Waals surface area contributed by atoms with Gasteiger partial charge in [-0.2, -0.15) is 0 Å². The summed E-state index contributed by atoms with van der Waals surface area (Å²) in [6, 6.07) is -0.0162. The number of nitrogens with one attached hydrogen (secondary N) is 2. The minimum absolute atomic E-state index is 0.0162.